The Hall–Kier alpha value is -3.99. The minimum atomic E-state index is -1.05. The summed E-state index contributed by atoms with van der Waals surface area (Å²) in [6.45, 7) is 3.36. The Morgan fingerprint density at radius 2 is 1.89 bits per heavy atom. The van der Waals surface area contributed by atoms with Gasteiger partial charge in [-0.25, -0.2) is 4.39 Å². The van der Waals surface area contributed by atoms with Crippen LogP contribution in [0, 0.1) is 42.8 Å². The van der Waals surface area contributed by atoms with E-state index < -0.39 is 34.6 Å². The molecule has 0 radical (unpaired) electrons. The summed E-state index contributed by atoms with van der Waals surface area (Å²) in [7, 11) is 1.58. The molecule has 1 aliphatic heterocycles. The number of amides is 2. The Kier molecular flexibility index (Phi) is 5.97. The number of hydrogen-bond acceptors (Lipinski definition) is 6. The van der Waals surface area contributed by atoms with Gasteiger partial charge in [-0.2, -0.15) is 5.26 Å². The van der Waals surface area contributed by atoms with Crippen molar-refractivity contribution in [2.24, 2.45) is 7.05 Å². The fourth-order valence-electron chi connectivity index (χ4n) is 3.86. The molecular weight excluding hydrogens is 455 g/mol. The van der Waals surface area contributed by atoms with Crippen molar-refractivity contribution in [3.05, 3.63) is 52.1 Å². The summed E-state index contributed by atoms with van der Waals surface area (Å²) in [5.74, 6) is 2.57. The largest absolute Gasteiger partial charge is 0.378 e. The summed E-state index contributed by atoms with van der Waals surface area (Å²) >= 11 is 0. The maximum atomic E-state index is 13.6. The van der Waals surface area contributed by atoms with Gasteiger partial charge in [-0.3, -0.25) is 14.4 Å². The van der Waals surface area contributed by atoms with Crippen LogP contribution in [0.25, 0.3) is 0 Å². The second-order valence-corrected chi connectivity index (χ2v) is 8.89. The number of carbonyl (C=O) groups excluding carboxylic acids is 3. The van der Waals surface area contributed by atoms with Gasteiger partial charge in [0.25, 0.3) is 17.6 Å². The molecule has 1 aliphatic carbocycles. The lowest BCUT2D eigenvalue weighted by Gasteiger charge is -2.37. The van der Waals surface area contributed by atoms with E-state index in [9.17, 15) is 23.9 Å². The van der Waals surface area contributed by atoms with Crippen LogP contribution in [-0.4, -0.2) is 51.6 Å². The van der Waals surface area contributed by atoms with Crippen molar-refractivity contribution in [2.45, 2.75) is 37.8 Å². The van der Waals surface area contributed by atoms with Crippen LogP contribution < -0.4 is 10.6 Å². The molecule has 1 aromatic carbocycles. The molecule has 4 rings (SSSR count). The monoisotopic (exact) mass is 478 g/mol. The Morgan fingerprint density at radius 1 is 1.20 bits per heavy atom. The van der Waals surface area contributed by atoms with Gasteiger partial charge in [-0.15, -0.1) is 0 Å². The SMILES string of the molecule is Cc1c(C(=O)C(=O)NC2(C#CC3(O)CC3)COC2)c(C)n(C)c1C(=O)Nc1ccc(F)c(C#N)c1. The number of carbonyl (C=O) groups is 3. The Labute approximate surface area is 200 Å². The lowest BCUT2D eigenvalue weighted by atomic mass is 9.96. The molecule has 0 unspecified atom stereocenters. The third kappa shape index (κ3) is 4.54. The summed E-state index contributed by atoms with van der Waals surface area (Å²) < 4.78 is 20.3. The van der Waals surface area contributed by atoms with Crippen LogP contribution in [0.5, 0.6) is 0 Å². The van der Waals surface area contributed by atoms with Crippen molar-refractivity contribution in [1.82, 2.24) is 9.88 Å². The van der Waals surface area contributed by atoms with E-state index in [2.05, 4.69) is 22.5 Å². The van der Waals surface area contributed by atoms with Crippen LogP contribution in [-0.2, 0) is 16.6 Å². The van der Waals surface area contributed by atoms with E-state index in [1.165, 1.54) is 16.7 Å². The van der Waals surface area contributed by atoms with Crippen molar-refractivity contribution >= 4 is 23.3 Å². The van der Waals surface area contributed by atoms with Crippen LogP contribution in [0.3, 0.4) is 0 Å². The van der Waals surface area contributed by atoms with Gasteiger partial charge in [0, 0.05) is 18.4 Å². The van der Waals surface area contributed by atoms with Crippen molar-refractivity contribution in [3.8, 4) is 17.9 Å². The molecule has 0 atom stereocenters. The van der Waals surface area contributed by atoms with E-state index in [1.807, 2.05) is 0 Å². The minimum Gasteiger partial charge on any atom is -0.378 e. The minimum absolute atomic E-state index is 0.0798. The van der Waals surface area contributed by atoms with E-state index in [4.69, 9.17) is 10.00 Å². The number of rotatable bonds is 5. The lowest BCUT2D eigenvalue weighted by Crippen LogP contribution is -2.62. The number of nitrogens with zero attached hydrogens (tertiary/aromatic N) is 2. The summed E-state index contributed by atoms with van der Waals surface area (Å²) in [6, 6.07) is 5.30. The maximum absolute atomic E-state index is 13.6. The van der Waals surface area contributed by atoms with Crippen LogP contribution in [0.1, 0.15) is 50.5 Å². The van der Waals surface area contributed by atoms with E-state index in [0.717, 1.165) is 6.07 Å². The fourth-order valence-corrected chi connectivity index (χ4v) is 3.86. The molecule has 0 spiro atoms. The molecule has 2 aromatic rings. The van der Waals surface area contributed by atoms with E-state index >= 15 is 0 Å². The van der Waals surface area contributed by atoms with Gasteiger partial charge >= 0.3 is 0 Å². The zero-order valence-electron chi connectivity index (χ0n) is 19.4. The average Bonchev–Trinajstić information content (AvgIpc) is 3.48. The molecule has 2 fully saturated rings. The summed E-state index contributed by atoms with van der Waals surface area (Å²) in [4.78, 5) is 39.0. The quantitative estimate of drug-likeness (QED) is 0.339. The summed E-state index contributed by atoms with van der Waals surface area (Å²) in [6.07, 6.45) is 1.12. The number of anilines is 1. The molecule has 35 heavy (non-hydrogen) atoms. The molecule has 2 amide bonds. The molecule has 1 saturated carbocycles. The highest BCUT2D eigenvalue weighted by Gasteiger charge is 2.43. The van der Waals surface area contributed by atoms with Gasteiger partial charge in [0.05, 0.1) is 24.3 Å². The van der Waals surface area contributed by atoms with Gasteiger partial charge in [-0.1, -0.05) is 11.8 Å². The third-order valence-electron chi connectivity index (χ3n) is 6.23. The maximum Gasteiger partial charge on any atom is 0.293 e. The number of Topliss-reactive ketones (excluding diaryl/α,β-unsaturated/α-hetero) is 1. The molecule has 0 bridgehead atoms. The predicted octanol–water partition coefficient (Wildman–Crippen LogP) is 1.50. The lowest BCUT2D eigenvalue weighted by molar-refractivity contribution is -0.124. The molecular formula is C25H23FN4O5. The molecule has 1 saturated heterocycles. The molecule has 10 heteroatoms. The first-order valence-electron chi connectivity index (χ1n) is 10.9. The number of ether oxygens (including phenoxy) is 1. The zero-order chi connectivity index (χ0) is 25.5. The number of aromatic nitrogens is 1. The number of nitriles is 1. The number of ketones is 1. The Bertz CT molecular complexity index is 1370. The normalized spacial score (nSPS) is 16.7. The molecule has 1 aromatic heterocycles. The molecule has 3 N–H and O–H groups in total. The number of aliphatic hydroxyl groups is 1. The first-order valence-corrected chi connectivity index (χ1v) is 10.9. The average molecular weight is 478 g/mol. The highest BCUT2D eigenvalue weighted by Crippen LogP contribution is 2.34. The van der Waals surface area contributed by atoms with Gasteiger partial charge in [0.15, 0.2) is 0 Å². The molecule has 180 valence electrons. The Balaban J connectivity index is 1.56. The van der Waals surface area contributed by atoms with Crippen molar-refractivity contribution in [2.75, 3.05) is 18.5 Å². The molecule has 2 heterocycles. The van der Waals surface area contributed by atoms with Gasteiger partial charge in [0.1, 0.15) is 28.7 Å². The van der Waals surface area contributed by atoms with Crippen molar-refractivity contribution < 1.29 is 28.6 Å². The van der Waals surface area contributed by atoms with Crippen molar-refractivity contribution in [1.29, 1.82) is 5.26 Å². The topological polar surface area (TPSA) is 133 Å². The fraction of sp³-hybridized carbons (Fsp3) is 0.360. The third-order valence-corrected chi connectivity index (χ3v) is 6.23. The first-order chi connectivity index (χ1) is 16.5. The van der Waals surface area contributed by atoms with Crippen LogP contribution in [0.4, 0.5) is 10.1 Å². The number of nitrogens with one attached hydrogen (secondary N) is 2. The van der Waals surface area contributed by atoms with Gasteiger partial charge < -0.3 is 25.0 Å². The summed E-state index contributed by atoms with van der Waals surface area (Å²) in [5.41, 5.74) is -1.19. The van der Waals surface area contributed by atoms with Crippen molar-refractivity contribution in [3.63, 3.8) is 0 Å². The number of hydrogen-bond donors (Lipinski definition) is 3. The second-order valence-electron chi connectivity index (χ2n) is 8.89. The summed E-state index contributed by atoms with van der Waals surface area (Å²) in [5, 5.41) is 24.2. The van der Waals surface area contributed by atoms with Gasteiger partial charge in [-0.05, 0) is 50.5 Å². The van der Waals surface area contributed by atoms with Crippen LogP contribution in [0.2, 0.25) is 0 Å². The van der Waals surface area contributed by atoms with E-state index in [1.54, 1.807) is 27.0 Å². The highest BCUT2D eigenvalue weighted by molar-refractivity contribution is 6.44. The van der Waals surface area contributed by atoms with Crippen LogP contribution >= 0.6 is 0 Å². The van der Waals surface area contributed by atoms with E-state index in [-0.39, 0.29) is 35.7 Å². The standard InChI is InChI=1S/C25H23FN4O5/c1-14-19(21(31)23(33)29-24(12-35-13-24)6-7-25(34)8-9-25)15(2)30(3)20(14)22(32)28-17-4-5-18(26)16(10-17)11-27/h4-5,10,34H,8-9,12-13H2,1-3H3,(H,28,32)(H,29,33). The second kappa shape index (κ2) is 8.66. The van der Waals surface area contributed by atoms with Crippen LogP contribution in [0.15, 0.2) is 18.2 Å². The zero-order valence-corrected chi connectivity index (χ0v) is 19.4. The number of benzene rings is 1. The molecule has 9 nitrogen and oxygen atoms in total. The Morgan fingerprint density at radius 3 is 2.46 bits per heavy atom. The molecule has 2 aliphatic rings. The highest BCUT2D eigenvalue weighted by atomic mass is 19.1. The van der Waals surface area contributed by atoms with E-state index in [0.29, 0.717) is 24.1 Å². The smallest absolute Gasteiger partial charge is 0.293 e. The first kappa shape index (κ1) is 24.1. The predicted molar refractivity (Wildman–Crippen MR) is 122 cm³/mol. The van der Waals surface area contributed by atoms with Gasteiger partial charge in [0.2, 0.25) is 0 Å². The number of halogens is 1.